The van der Waals surface area contributed by atoms with E-state index in [0.29, 0.717) is 18.6 Å². The van der Waals surface area contributed by atoms with Crippen LogP contribution in [0.2, 0.25) is 0 Å². The lowest BCUT2D eigenvalue weighted by Gasteiger charge is -2.38. The number of nitrogens with zero attached hydrogens (tertiary/aromatic N) is 1. The van der Waals surface area contributed by atoms with E-state index in [4.69, 9.17) is 4.74 Å². The number of likely N-dealkylation sites (tertiary alicyclic amines) is 1. The summed E-state index contributed by atoms with van der Waals surface area (Å²) in [5.74, 6) is -0.535. The van der Waals surface area contributed by atoms with Crippen LogP contribution < -0.4 is 5.32 Å². The maximum absolute atomic E-state index is 12.2. The molecule has 0 aliphatic carbocycles. The molecule has 24 heavy (non-hydrogen) atoms. The average molecular weight is 332 g/mol. The molecule has 132 valence electrons. The van der Waals surface area contributed by atoms with Crippen molar-refractivity contribution in [2.45, 2.75) is 64.8 Å². The zero-order chi connectivity index (χ0) is 17.5. The largest absolute Gasteiger partial charge is 0.459 e. The van der Waals surface area contributed by atoms with Crippen LogP contribution in [0.4, 0.5) is 0 Å². The minimum atomic E-state index is -0.642. The Hall–Kier alpha value is -1.88. The Kier molecular flexibility index (Phi) is 6.79. The van der Waals surface area contributed by atoms with Crippen molar-refractivity contribution >= 4 is 11.9 Å². The Bertz CT molecular complexity index is 537. The first-order valence-electron chi connectivity index (χ1n) is 8.73. The SMILES string of the molecule is CC(NC(=O)CN1C(C)CCCC1C)C(=O)OCc1ccccc1. The summed E-state index contributed by atoms with van der Waals surface area (Å²) in [7, 11) is 0. The van der Waals surface area contributed by atoms with Crippen LogP contribution in [0, 0.1) is 0 Å². The van der Waals surface area contributed by atoms with Crippen LogP contribution in [-0.2, 0) is 20.9 Å². The molecule has 5 heteroatoms. The topological polar surface area (TPSA) is 58.6 Å². The van der Waals surface area contributed by atoms with Gasteiger partial charge in [0.05, 0.1) is 6.54 Å². The van der Waals surface area contributed by atoms with E-state index in [2.05, 4.69) is 24.1 Å². The molecule has 1 heterocycles. The van der Waals surface area contributed by atoms with Gasteiger partial charge in [-0.15, -0.1) is 0 Å². The van der Waals surface area contributed by atoms with Crippen LogP contribution in [0.5, 0.6) is 0 Å². The van der Waals surface area contributed by atoms with Crippen LogP contribution in [0.3, 0.4) is 0 Å². The van der Waals surface area contributed by atoms with Gasteiger partial charge in [-0.05, 0) is 39.2 Å². The van der Waals surface area contributed by atoms with E-state index in [1.54, 1.807) is 6.92 Å². The number of carbonyl (C=O) groups excluding carboxylic acids is 2. The Morgan fingerprint density at radius 3 is 2.46 bits per heavy atom. The van der Waals surface area contributed by atoms with Gasteiger partial charge in [-0.2, -0.15) is 0 Å². The molecule has 1 aliphatic rings. The van der Waals surface area contributed by atoms with Crippen LogP contribution in [0.15, 0.2) is 30.3 Å². The van der Waals surface area contributed by atoms with Gasteiger partial charge in [-0.3, -0.25) is 9.69 Å². The van der Waals surface area contributed by atoms with Gasteiger partial charge in [0.1, 0.15) is 12.6 Å². The summed E-state index contributed by atoms with van der Waals surface area (Å²) >= 11 is 0. The minimum absolute atomic E-state index is 0.125. The predicted molar refractivity (Wildman–Crippen MR) is 93.3 cm³/mol. The van der Waals surface area contributed by atoms with Crippen LogP contribution in [-0.4, -0.2) is 41.4 Å². The molecule has 0 spiro atoms. The van der Waals surface area contributed by atoms with Crippen LogP contribution >= 0.6 is 0 Å². The van der Waals surface area contributed by atoms with Gasteiger partial charge in [-0.1, -0.05) is 36.8 Å². The van der Waals surface area contributed by atoms with E-state index in [1.165, 1.54) is 6.42 Å². The molecule has 3 atom stereocenters. The first-order valence-corrected chi connectivity index (χ1v) is 8.73. The second-order valence-corrected chi connectivity index (χ2v) is 6.68. The molecule has 0 bridgehead atoms. The number of hydrogen-bond acceptors (Lipinski definition) is 4. The van der Waals surface area contributed by atoms with Gasteiger partial charge in [0.2, 0.25) is 5.91 Å². The highest BCUT2D eigenvalue weighted by atomic mass is 16.5. The summed E-state index contributed by atoms with van der Waals surface area (Å²) in [6.07, 6.45) is 3.45. The zero-order valence-corrected chi connectivity index (χ0v) is 14.8. The highest BCUT2D eigenvalue weighted by Crippen LogP contribution is 2.21. The molecule has 1 aromatic carbocycles. The molecule has 1 amide bonds. The molecule has 1 N–H and O–H groups in total. The Balaban J connectivity index is 1.77. The maximum Gasteiger partial charge on any atom is 0.328 e. The van der Waals surface area contributed by atoms with Crippen LogP contribution in [0.25, 0.3) is 0 Å². The number of piperidine rings is 1. The molecule has 0 saturated carbocycles. The Labute approximate surface area is 144 Å². The maximum atomic E-state index is 12.2. The van der Waals surface area contributed by atoms with Crippen molar-refractivity contribution in [3.63, 3.8) is 0 Å². The van der Waals surface area contributed by atoms with E-state index < -0.39 is 12.0 Å². The zero-order valence-electron chi connectivity index (χ0n) is 14.8. The quantitative estimate of drug-likeness (QED) is 0.813. The molecule has 1 saturated heterocycles. The smallest absolute Gasteiger partial charge is 0.328 e. The van der Waals surface area contributed by atoms with Crippen molar-refractivity contribution in [3.8, 4) is 0 Å². The average Bonchev–Trinajstić information content (AvgIpc) is 2.57. The van der Waals surface area contributed by atoms with E-state index in [0.717, 1.165) is 18.4 Å². The van der Waals surface area contributed by atoms with Crippen molar-refractivity contribution in [2.75, 3.05) is 6.54 Å². The number of rotatable bonds is 6. The Morgan fingerprint density at radius 2 is 1.83 bits per heavy atom. The highest BCUT2D eigenvalue weighted by molar-refractivity contribution is 5.85. The van der Waals surface area contributed by atoms with Crippen LogP contribution in [0.1, 0.15) is 45.6 Å². The number of esters is 1. The van der Waals surface area contributed by atoms with Crippen molar-refractivity contribution in [2.24, 2.45) is 0 Å². The van der Waals surface area contributed by atoms with Crippen molar-refractivity contribution in [3.05, 3.63) is 35.9 Å². The third-order valence-corrected chi connectivity index (χ3v) is 4.66. The van der Waals surface area contributed by atoms with Crippen molar-refractivity contribution in [1.82, 2.24) is 10.2 Å². The lowest BCUT2D eigenvalue weighted by atomic mass is 9.97. The summed E-state index contributed by atoms with van der Waals surface area (Å²) in [6, 6.07) is 9.67. The molecule has 0 radical (unpaired) electrons. The second kappa shape index (κ2) is 8.83. The third kappa shape index (κ3) is 5.34. The molecule has 1 aromatic rings. The van der Waals surface area contributed by atoms with Crippen molar-refractivity contribution in [1.29, 1.82) is 0 Å². The first kappa shape index (κ1) is 18.5. The van der Waals surface area contributed by atoms with E-state index in [9.17, 15) is 9.59 Å². The van der Waals surface area contributed by atoms with E-state index >= 15 is 0 Å². The lowest BCUT2D eigenvalue weighted by molar-refractivity contribution is -0.148. The summed E-state index contributed by atoms with van der Waals surface area (Å²) in [4.78, 5) is 26.5. The van der Waals surface area contributed by atoms with E-state index in [-0.39, 0.29) is 12.5 Å². The summed E-state index contributed by atoms with van der Waals surface area (Å²) in [5.41, 5.74) is 0.931. The van der Waals surface area contributed by atoms with Gasteiger partial charge >= 0.3 is 5.97 Å². The van der Waals surface area contributed by atoms with Gasteiger partial charge in [0.25, 0.3) is 0 Å². The molecule has 5 nitrogen and oxygen atoms in total. The lowest BCUT2D eigenvalue weighted by Crippen LogP contribution is -2.51. The second-order valence-electron chi connectivity index (χ2n) is 6.68. The summed E-state index contributed by atoms with van der Waals surface area (Å²) in [5, 5.41) is 2.75. The van der Waals surface area contributed by atoms with Gasteiger partial charge in [0.15, 0.2) is 0 Å². The monoisotopic (exact) mass is 332 g/mol. The fourth-order valence-corrected chi connectivity index (χ4v) is 3.15. The predicted octanol–water partition coefficient (Wildman–Crippen LogP) is 2.50. The molecule has 1 aliphatic heterocycles. The third-order valence-electron chi connectivity index (χ3n) is 4.66. The minimum Gasteiger partial charge on any atom is -0.459 e. The normalized spacial score (nSPS) is 22.6. The molecular weight excluding hydrogens is 304 g/mol. The fraction of sp³-hybridized carbons (Fsp3) is 0.579. The van der Waals surface area contributed by atoms with Gasteiger partial charge in [0, 0.05) is 12.1 Å². The summed E-state index contributed by atoms with van der Waals surface area (Å²) in [6.45, 7) is 6.52. The number of amides is 1. The molecule has 3 unspecified atom stereocenters. The first-order chi connectivity index (χ1) is 11.5. The number of carbonyl (C=O) groups is 2. The highest BCUT2D eigenvalue weighted by Gasteiger charge is 2.27. The van der Waals surface area contributed by atoms with E-state index in [1.807, 2.05) is 30.3 Å². The number of ether oxygens (including phenoxy) is 1. The molecule has 2 rings (SSSR count). The molecule has 0 aromatic heterocycles. The molecule has 1 fully saturated rings. The summed E-state index contributed by atoms with van der Waals surface area (Å²) < 4.78 is 5.26. The van der Waals surface area contributed by atoms with Crippen molar-refractivity contribution < 1.29 is 14.3 Å². The van der Waals surface area contributed by atoms with Gasteiger partial charge < -0.3 is 10.1 Å². The number of benzene rings is 1. The standard InChI is InChI=1S/C19H28N2O3/c1-14-8-7-9-15(2)21(14)12-18(22)20-16(3)19(23)24-13-17-10-5-4-6-11-17/h4-6,10-11,14-16H,7-9,12-13H2,1-3H3,(H,20,22). The number of nitrogens with one attached hydrogen (secondary N) is 1. The molecular formula is C19H28N2O3. The number of hydrogen-bond donors (Lipinski definition) is 1. The fourth-order valence-electron chi connectivity index (χ4n) is 3.15. The van der Waals surface area contributed by atoms with Gasteiger partial charge in [-0.25, -0.2) is 4.79 Å². The Morgan fingerprint density at radius 1 is 1.21 bits per heavy atom.